The highest BCUT2D eigenvalue weighted by atomic mass is 16.2. The fourth-order valence-corrected chi connectivity index (χ4v) is 2.03. The normalized spacial score (nSPS) is 18.6. The summed E-state index contributed by atoms with van der Waals surface area (Å²) in [4.78, 5) is 16.3. The average Bonchev–Trinajstić information content (AvgIpc) is 2.79. The molecular weight excluding hydrogens is 266 g/mol. The van der Waals surface area contributed by atoms with Crippen molar-refractivity contribution in [3.05, 3.63) is 36.7 Å². The molecule has 1 fully saturated rings. The highest BCUT2D eigenvalue weighted by Gasteiger charge is 2.25. The maximum Gasteiger partial charge on any atom is 0.249 e. The molecule has 1 aliphatic rings. The van der Waals surface area contributed by atoms with Crippen LogP contribution in [0.3, 0.4) is 0 Å². The molecule has 1 amide bonds. The third-order valence-corrected chi connectivity index (χ3v) is 3.24. The largest absolute Gasteiger partial charge is 0.306 e. The number of amides is 1. The molecular formula is C15H21N5O. The molecule has 0 saturated carbocycles. The molecule has 6 nitrogen and oxygen atoms in total. The number of carbonyl (C=O) groups is 1. The molecule has 0 radical (unpaired) electrons. The summed E-state index contributed by atoms with van der Waals surface area (Å²) in [5.41, 5.74) is 0.860. The summed E-state index contributed by atoms with van der Waals surface area (Å²) in [6, 6.07) is -0.124. The zero-order valence-electron chi connectivity index (χ0n) is 12.5. The Bertz CT molecular complexity index is 581. The van der Waals surface area contributed by atoms with Crippen LogP contribution in [0, 0.1) is 0 Å². The van der Waals surface area contributed by atoms with Gasteiger partial charge in [0.2, 0.25) is 11.9 Å². The van der Waals surface area contributed by atoms with E-state index in [1.165, 1.54) is 0 Å². The van der Waals surface area contributed by atoms with Gasteiger partial charge in [-0.1, -0.05) is 25.7 Å². The van der Waals surface area contributed by atoms with Gasteiger partial charge in [-0.25, -0.2) is 4.68 Å². The predicted molar refractivity (Wildman–Crippen MR) is 83.7 cm³/mol. The van der Waals surface area contributed by atoms with Gasteiger partial charge in [0, 0.05) is 6.42 Å². The Morgan fingerprint density at radius 3 is 2.90 bits per heavy atom. The topological polar surface area (TPSA) is 71.8 Å². The third-order valence-electron chi connectivity index (χ3n) is 3.24. The number of hydrogen-bond acceptors (Lipinski definition) is 4. The van der Waals surface area contributed by atoms with Crippen molar-refractivity contribution in [3.8, 4) is 0 Å². The molecule has 1 aliphatic heterocycles. The van der Waals surface area contributed by atoms with Crippen LogP contribution in [0.5, 0.6) is 0 Å². The first-order chi connectivity index (χ1) is 10.2. The summed E-state index contributed by atoms with van der Waals surface area (Å²) in [5.74, 6) is 1.05. The second-order valence-electron chi connectivity index (χ2n) is 4.73. The molecule has 2 rings (SSSR count). The van der Waals surface area contributed by atoms with Crippen LogP contribution in [0.4, 0.5) is 5.95 Å². The van der Waals surface area contributed by atoms with E-state index in [0.29, 0.717) is 5.95 Å². The molecule has 2 heterocycles. The Labute approximate surface area is 124 Å². The van der Waals surface area contributed by atoms with Crippen LogP contribution in [0.25, 0.3) is 5.70 Å². The monoisotopic (exact) mass is 287 g/mol. The SMILES string of the molecule is C=C/C=C(\C=C/C)n1nc(NC(=O)C2CCN2)nc1CC. The molecule has 0 bridgehead atoms. The number of carbonyl (C=O) groups excluding carboxylic acids is 1. The summed E-state index contributed by atoms with van der Waals surface area (Å²) >= 11 is 0. The fraction of sp³-hybridized carbons (Fsp3) is 0.400. The van der Waals surface area contributed by atoms with Crippen LogP contribution < -0.4 is 10.6 Å². The van der Waals surface area contributed by atoms with Crippen LogP contribution in [-0.2, 0) is 11.2 Å². The quantitative estimate of drug-likeness (QED) is 0.782. The van der Waals surface area contributed by atoms with Gasteiger partial charge in [-0.2, -0.15) is 4.98 Å². The Kier molecular flexibility index (Phi) is 5.05. The van der Waals surface area contributed by atoms with Crippen molar-refractivity contribution >= 4 is 17.6 Å². The van der Waals surface area contributed by atoms with Crippen molar-refractivity contribution in [1.29, 1.82) is 0 Å². The number of nitrogens with one attached hydrogen (secondary N) is 2. The lowest BCUT2D eigenvalue weighted by molar-refractivity contribution is -0.119. The zero-order valence-corrected chi connectivity index (χ0v) is 12.5. The van der Waals surface area contributed by atoms with Gasteiger partial charge in [-0.05, 0) is 32.0 Å². The summed E-state index contributed by atoms with van der Waals surface area (Å²) in [7, 11) is 0. The molecule has 21 heavy (non-hydrogen) atoms. The van der Waals surface area contributed by atoms with Crippen molar-refractivity contribution < 1.29 is 4.79 Å². The van der Waals surface area contributed by atoms with Crippen molar-refractivity contribution in [1.82, 2.24) is 20.1 Å². The molecule has 1 atom stereocenters. The predicted octanol–water partition coefficient (Wildman–Crippen LogP) is 1.74. The Balaban J connectivity index is 2.23. The van der Waals surface area contributed by atoms with Crippen LogP contribution in [0.1, 0.15) is 26.1 Å². The van der Waals surface area contributed by atoms with Crippen molar-refractivity contribution in [2.45, 2.75) is 32.7 Å². The Morgan fingerprint density at radius 1 is 1.62 bits per heavy atom. The van der Waals surface area contributed by atoms with Crippen LogP contribution in [0.15, 0.2) is 30.9 Å². The van der Waals surface area contributed by atoms with Gasteiger partial charge in [0.15, 0.2) is 0 Å². The van der Waals surface area contributed by atoms with Gasteiger partial charge >= 0.3 is 0 Å². The number of anilines is 1. The van der Waals surface area contributed by atoms with Gasteiger partial charge < -0.3 is 5.32 Å². The minimum atomic E-state index is -0.124. The minimum absolute atomic E-state index is 0.0821. The molecule has 1 saturated heterocycles. The highest BCUT2D eigenvalue weighted by molar-refractivity contribution is 5.94. The molecule has 1 aromatic heterocycles. The van der Waals surface area contributed by atoms with E-state index in [9.17, 15) is 4.79 Å². The lowest BCUT2D eigenvalue weighted by atomic mass is 10.1. The molecule has 1 unspecified atom stereocenters. The maximum atomic E-state index is 11.9. The molecule has 0 aliphatic carbocycles. The standard InChI is InChI=1S/C15H21N5O/c1-4-7-11(8-5-2)20-13(6-3)17-15(19-20)18-14(21)12-9-10-16-12/h4-5,7-8,12,16H,1,6,9-10H2,2-3H3,(H,18,19,21)/b8-5-,11-7+. The molecule has 6 heteroatoms. The average molecular weight is 287 g/mol. The van der Waals surface area contributed by atoms with Crippen molar-refractivity contribution in [2.24, 2.45) is 0 Å². The second kappa shape index (κ2) is 6.99. The Hall–Kier alpha value is -2.21. The van der Waals surface area contributed by atoms with Crippen LogP contribution in [0.2, 0.25) is 0 Å². The molecule has 112 valence electrons. The van der Waals surface area contributed by atoms with E-state index in [1.54, 1.807) is 10.8 Å². The number of allylic oxidation sites excluding steroid dienone is 5. The van der Waals surface area contributed by atoms with Crippen LogP contribution >= 0.6 is 0 Å². The summed E-state index contributed by atoms with van der Waals surface area (Å²) < 4.78 is 1.73. The van der Waals surface area contributed by atoms with E-state index in [0.717, 1.165) is 30.9 Å². The maximum absolute atomic E-state index is 11.9. The van der Waals surface area contributed by atoms with E-state index in [1.807, 2.05) is 32.1 Å². The fourth-order valence-electron chi connectivity index (χ4n) is 2.03. The molecule has 1 aromatic rings. The number of nitrogens with zero attached hydrogens (tertiary/aromatic N) is 3. The molecule has 0 aromatic carbocycles. The van der Waals surface area contributed by atoms with E-state index >= 15 is 0 Å². The number of hydrogen-bond donors (Lipinski definition) is 2. The van der Waals surface area contributed by atoms with Gasteiger partial charge in [0.05, 0.1) is 11.7 Å². The van der Waals surface area contributed by atoms with E-state index < -0.39 is 0 Å². The zero-order chi connectivity index (χ0) is 15.2. The summed E-state index contributed by atoms with van der Waals surface area (Å²) in [5, 5.41) is 10.2. The van der Waals surface area contributed by atoms with Gasteiger partial charge in [0.25, 0.3) is 0 Å². The van der Waals surface area contributed by atoms with Gasteiger partial charge in [-0.3, -0.25) is 10.1 Å². The number of rotatable bonds is 6. The van der Waals surface area contributed by atoms with E-state index in [4.69, 9.17) is 0 Å². The molecule has 2 N–H and O–H groups in total. The van der Waals surface area contributed by atoms with Crippen molar-refractivity contribution in [2.75, 3.05) is 11.9 Å². The first-order valence-electron chi connectivity index (χ1n) is 7.15. The van der Waals surface area contributed by atoms with Crippen LogP contribution in [-0.4, -0.2) is 33.3 Å². The lowest BCUT2D eigenvalue weighted by Gasteiger charge is -2.25. The second-order valence-corrected chi connectivity index (χ2v) is 4.73. The molecule has 0 spiro atoms. The summed E-state index contributed by atoms with van der Waals surface area (Å²) in [6.07, 6.45) is 8.98. The van der Waals surface area contributed by atoms with E-state index in [2.05, 4.69) is 27.3 Å². The first kappa shape index (κ1) is 15.2. The summed E-state index contributed by atoms with van der Waals surface area (Å²) in [6.45, 7) is 8.53. The minimum Gasteiger partial charge on any atom is -0.306 e. The van der Waals surface area contributed by atoms with Gasteiger partial charge in [0.1, 0.15) is 5.82 Å². The third kappa shape index (κ3) is 3.46. The number of aryl methyl sites for hydroxylation is 1. The van der Waals surface area contributed by atoms with Gasteiger partial charge in [-0.15, -0.1) is 5.10 Å². The number of aromatic nitrogens is 3. The lowest BCUT2D eigenvalue weighted by Crippen LogP contribution is -2.51. The van der Waals surface area contributed by atoms with Crippen molar-refractivity contribution in [3.63, 3.8) is 0 Å². The first-order valence-corrected chi connectivity index (χ1v) is 7.15. The smallest absolute Gasteiger partial charge is 0.249 e. The Morgan fingerprint density at radius 2 is 2.38 bits per heavy atom. The van der Waals surface area contributed by atoms with E-state index in [-0.39, 0.29) is 11.9 Å². The highest BCUT2D eigenvalue weighted by Crippen LogP contribution is 2.14.